The molecule has 0 saturated carbocycles. The average molecular weight is 279 g/mol. The number of pyridine rings is 1. The van der Waals surface area contributed by atoms with Crippen molar-refractivity contribution < 1.29 is 14.7 Å². The van der Waals surface area contributed by atoms with Gasteiger partial charge in [-0.3, -0.25) is 9.78 Å². The van der Waals surface area contributed by atoms with Gasteiger partial charge >= 0.3 is 12.0 Å². The zero-order valence-electron chi connectivity index (χ0n) is 12.1. The topological polar surface area (TPSA) is 73.7 Å². The van der Waals surface area contributed by atoms with Crippen LogP contribution in [0.5, 0.6) is 0 Å². The van der Waals surface area contributed by atoms with Crippen LogP contribution >= 0.6 is 0 Å². The quantitative estimate of drug-likeness (QED) is 0.862. The van der Waals surface area contributed by atoms with E-state index in [2.05, 4.69) is 4.98 Å². The van der Waals surface area contributed by atoms with Gasteiger partial charge in [0.05, 0.1) is 0 Å². The zero-order valence-corrected chi connectivity index (χ0v) is 12.1. The molecule has 0 aromatic carbocycles. The van der Waals surface area contributed by atoms with Gasteiger partial charge in [-0.15, -0.1) is 0 Å². The van der Waals surface area contributed by atoms with E-state index in [1.165, 1.54) is 4.90 Å². The first-order valence-corrected chi connectivity index (χ1v) is 6.62. The molecular formula is C14H21N3O3. The maximum atomic E-state index is 12.4. The van der Waals surface area contributed by atoms with Crippen molar-refractivity contribution in [3.05, 3.63) is 30.1 Å². The summed E-state index contributed by atoms with van der Waals surface area (Å²) in [5.41, 5.74) is 0.967. The molecule has 1 aromatic heterocycles. The number of urea groups is 1. The van der Waals surface area contributed by atoms with Crippen LogP contribution < -0.4 is 0 Å². The highest BCUT2D eigenvalue weighted by atomic mass is 16.4. The molecule has 0 atom stereocenters. The molecule has 1 N–H and O–H groups in total. The summed E-state index contributed by atoms with van der Waals surface area (Å²) in [6, 6.07) is 3.26. The molecule has 0 unspecified atom stereocenters. The largest absolute Gasteiger partial charge is 0.480 e. The van der Waals surface area contributed by atoms with Crippen LogP contribution in [0.25, 0.3) is 0 Å². The first-order valence-electron chi connectivity index (χ1n) is 6.62. The van der Waals surface area contributed by atoms with Crippen LogP contribution in [0.3, 0.4) is 0 Å². The van der Waals surface area contributed by atoms with Gasteiger partial charge in [-0.05, 0) is 38.5 Å². The van der Waals surface area contributed by atoms with Crippen molar-refractivity contribution in [1.29, 1.82) is 0 Å². The van der Waals surface area contributed by atoms with Crippen LogP contribution in [-0.2, 0) is 11.3 Å². The summed E-state index contributed by atoms with van der Waals surface area (Å²) in [6.07, 6.45) is 3.34. The molecule has 0 aliphatic rings. The Bertz CT molecular complexity index is 448. The van der Waals surface area contributed by atoms with E-state index in [-0.39, 0.29) is 18.6 Å². The van der Waals surface area contributed by atoms with Crippen molar-refractivity contribution in [1.82, 2.24) is 14.8 Å². The maximum Gasteiger partial charge on any atom is 0.323 e. The number of rotatable bonds is 6. The number of amides is 2. The first-order chi connectivity index (χ1) is 9.45. The molecule has 20 heavy (non-hydrogen) atoms. The van der Waals surface area contributed by atoms with Crippen LogP contribution in [0.4, 0.5) is 4.79 Å². The smallest absolute Gasteiger partial charge is 0.323 e. The van der Waals surface area contributed by atoms with Gasteiger partial charge in [0.2, 0.25) is 0 Å². The van der Waals surface area contributed by atoms with Crippen molar-refractivity contribution in [2.75, 3.05) is 13.1 Å². The van der Waals surface area contributed by atoms with E-state index >= 15 is 0 Å². The lowest BCUT2D eigenvalue weighted by Gasteiger charge is -2.31. The highest BCUT2D eigenvalue weighted by molar-refractivity contribution is 5.80. The van der Waals surface area contributed by atoms with E-state index in [1.54, 1.807) is 31.1 Å². The normalized spacial score (nSPS) is 10.4. The Hall–Kier alpha value is -2.11. The van der Waals surface area contributed by atoms with Gasteiger partial charge in [0.1, 0.15) is 6.54 Å². The van der Waals surface area contributed by atoms with Gasteiger partial charge in [-0.25, -0.2) is 4.79 Å². The third-order valence-electron chi connectivity index (χ3n) is 2.95. The molecular weight excluding hydrogens is 258 g/mol. The number of hydrogen-bond donors (Lipinski definition) is 1. The Morgan fingerprint density at radius 1 is 1.30 bits per heavy atom. The molecule has 2 amide bonds. The molecule has 110 valence electrons. The molecule has 0 aliphatic heterocycles. The minimum Gasteiger partial charge on any atom is -0.480 e. The van der Waals surface area contributed by atoms with E-state index in [0.29, 0.717) is 13.1 Å². The molecule has 0 aliphatic carbocycles. The van der Waals surface area contributed by atoms with Gasteiger partial charge in [-0.2, -0.15) is 0 Å². The zero-order chi connectivity index (χ0) is 15.1. The molecule has 0 radical (unpaired) electrons. The molecule has 1 rings (SSSR count). The molecule has 6 heteroatoms. The van der Waals surface area contributed by atoms with Crippen molar-refractivity contribution in [2.45, 2.75) is 33.4 Å². The van der Waals surface area contributed by atoms with Gasteiger partial charge in [0.25, 0.3) is 0 Å². The highest BCUT2D eigenvalue weighted by Crippen LogP contribution is 2.09. The van der Waals surface area contributed by atoms with Gasteiger partial charge in [0, 0.05) is 31.5 Å². The average Bonchev–Trinajstić information content (AvgIpc) is 2.42. The second-order valence-electron chi connectivity index (χ2n) is 4.77. The third-order valence-corrected chi connectivity index (χ3v) is 2.95. The maximum absolute atomic E-state index is 12.4. The number of aromatic nitrogens is 1. The van der Waals surface area contributed by atoms with Crippen LogP contribution in [0, 0.1) is 0 Å². The number of hydrogen-bond acceptors (Lipinski definition) is 3. The second kappa shape index (κ2) is 7.47. The number of carboxylic acids is 1. The Morgan fingerprint density at radius 2 is 1.90 bits per heavy atom. The van der Waals surface area contributed by atoms with E-state index in [1.807, 2.05) is 19.1 Å². The molecule has 6 nitrogen and oxygen atoms in total. The SMILES string of the molecule is CCN(Cc1ccncc1)C(=O)N(CC(=O)O)C(C)C. The molecule has 0 spiro atoms. The lowest BCUT2D eigenvalue weighted by molar-refractivity contribution is -0.138. The predicted molar refractivity (Wildman–Crippen MR) is 75.2 cm³/mol. The van der Waals surface area contributed by atoms with E-state index in [9.17, 15) is 9.59 Å². The fraction of sp³-hybridized carbons (Fsp3) is 0.500. The number of carboxylic acid groups (broad SMARTS) is 1. The summed E-state index contributed by atoms with van der Waals surface area (Å²) in [5, 5.41) is 8.91. The second-order valence-corrected chi connectivity index (χ2v) is 4.77. The summed E-state index contributed by atoms with van der Waals surface area (Å²) in [5.74, 6) is -1.01. The Morgan fingerprint density at radius 3 is 2.35 bits per heavy atom. The van der Waals surface area contributed by atoms with E-state index in [0.717, 1.165) is 5.56 Å². The lowest BCUT2D eigenvalue weighted by Crippen LogP contribution is -2.48. The van der Waals surface area contributed by atoms with E-state index < -0.39 is 5.97 Å². The molecule has 0 fully saturated rings. The summed E-state index contributed by atoms with van der Waals surface area (Å²) < 4.78 is 0. The summed E-state index contributed by atoms with van der Waals surface area (Å²) in [6.45, 7) is 6.16. The monoisotopic (exact) mass is 279 g/mol. The van der Waals surface area contributed by atoms with Crippen LogP contribution in [0.2, 0.25) is 0 Å². The Kier molecular flexibility index (Phi) is 5.96. The first kappa shape index (κ1) is 15.9. The Labute approximate surface area is 119 Å². The minimum absolute atomic E-state index is 0.162. The lowest BCUT2D eigenvalue weighted by atomic mass is 10.2. The van der Waals surface area contributed by atoms with Crippen LogP contribution in [0.15, 0.2) is 24.5 Å². The highest BCUT2D eigenvalue weighted by Gasteiger charge is 2.24. The number of carbonyl (C=O) groups is 2. The van der Waals surface area contributed by atoms with E-state index in [4.69, 9.17) is 5.11 Å². The number of carbonyl (C=O) groups excluding carboxylic acids is 1. The van der Waals surface area contributed by atoms with Crippen molar-refractivity contribution in [3.63, 3.8) is 0 Å². The predicted octanol–water partition coefficient (Wildman–Crippen LogP) is 1.82. The number of aliphatic carboxylic acids is 1. The third kappa shape index (κ3) is 4.53. The summed E-state index contributed by atoms with van der Waals surface area (Å²) in [7, 11) is 0. The van der Waals surface area contributed by atoms with Gasteiger partial charge in [-0.1, -0.05) is 0 Å². The summed E-state index contributed by atoms with van der Waals surface area (Å²) in [4.78, 5) is 30.2. The van der Waals surface area contributed by atoms with Gasteiger partial charge < -0.3 is 14.9 Å². The van der Waals surface area contributed by atoms with Crippen molar-refractivity contribution in [2.24, 2.45) is 0 Å². The minimum atomic E-state index is -1.01. The fourth-order valence-corrected chi connectivity index (χ4v) is 1.82. The standard InChI is InChI=1S/C14H21N3O3/c1-4-16(9-12-5-7-15-8-6-12)14(20)17(11(2)3)10-13(18)19/h5-8,11H,4,9-10H2,1-3H3,(H,18,19). The fourth-order valence-electron chi connectivity index (χ4n) is 1.82. The van der Waals surface area contributed by atoms with Crippen molar-refractivity contribution >= 4 is 12.0 Å². The summed E-state index contributed by atoms with van der Waals surface area (Å²) >= 11 is 0. The number of nitrogens with zero attached hydrogens (tertiary/aromatic N) is 3. The Balaban J connectivity index is 2.81. The molecule has 0 bridgehead atoms. The molecule has 0 saturated heterocycles. The van der Waals surface area contributed by atoms with Crippen LogP contribution in [-0.4, -0.2) is 51.0 Å². The van der Waals surface area contributed by atoms with Gasteiger partial charge in [0.15, 0.2) is 0 Å². The van der Waals surface area contributed by atoms with Crippen molar-refractivity contribution in [3.8, 4) is 0 Å². The molecule has 1 aromatic rings. The van der Waals surface area contributed by atoms with Crippen LogP contribution in [0.1, 0.15) is 26.3 Å². The molecule has 1 heterocycles.